The lowest BCUT2D eigenvalue weighted by Crippen LogP contribution is -2.29. The van der Waals surface area contributed by atoms with Gasteiger partial charge >= 0.3 is 0 Å². The van der Waals surface area contributed by atoms with Crippen LogP contribution >= 0.6 is 11.6 Å². The third-order valence-corrected chi connectivity index (χ3v) is 3.46. The molecule has 0 saturated carbocycles. The highest BCUT2D eigenvalue weighted by Gasteiger charge is 2.26. The van der Waals surface area contributed by atoms with E-state index in [1.807, 2.05) is 19.1 Å². The Hall–Kier alpha value is -0.730. The van der Waals surface area contributed by atoms with E-state index in [0.29, 0.717) is 12.3 Å². The van der Waals surface area contributed by atoms with Crippen molar-refractivity contribution in [1.82, 2.24) is 0 Å². The van der Waals surface area contributed by atoms with Crippen molar-refractivity contribution in [2.24, 2.45) is 5.92 Å². The van der Waals surface area contributed by atoms with E-state index in [4.69, 9.17) is 16.3 Å². The predicted octanol–water partition coefficient (Wildman–Crippen LogP) is 3.61. The van der Waals surface area contributed by atoms with Gasteiger partial charge in [0.05, 0.1) is 12.2 Å². The highest BCUT2D eigenvalue weighted by molar-refractivity contribution is 6.30. The molecule has 0 spiro atoms. The lowest BCUT2D eigenvalue weighted by molar-refractivity contribution is 0.0382. The molecule has 1 aromatic carbocycles. The van der Waals surface area contributed by atoms with Crippen molar-refractivity contribution >= 4 is 11.6 Å². The van der Waals surface area contributed by atoms with Crippen molar-refractivity contribution in [2.75, 3.05) is 6.61 Å². The molecule has 1 aliphatic rings. The molecule has 0 bridgehead atoms. The van der Waals surface area contributed by atoms with Crippen molar-refractivity contribution < 1.29 is 9.84 Å². The van der Waals surface area contributed by atoms with Crippen molar-refractivity contribution in [2.45, 2.75) is 45.6 Å². The maximum absolute atomic E-state index is 10.5. The average molecular weight is 269 g/mol. The first-order chi connectivity index (χ1) is 8.37. The van der Waals surface area contributed by atoms with Gasteiger partial charge in [0.1, 0.15) is 5.75 Å². The largest absolute Gasteiger partial charge is 0.493 e. The van der Waals surface area contributed by atoms with Crippen LogP contribution in [0.2, 0.25) is 5.02 Å². The molecule has 0 fully saturated rings. The number of aliphatic hydroxyl groups is 1. The molecular weight excluding hydrogens is 248 g/mol. The highest BCUT2D eigenvalue weighted by Crippen LogP contribution is 2.35. The van der Waals surface area contributed by atoms with E-state index >= 15 is 0 Å². The van der Waals surface area contributed by atoms with Crippen molar-refractivity contribution in [3.63, 3.8) is 0 Å². The van der Waals surface area contributed by atoms with Crippen LogP contribution in [-0.2, 0) is 12.8 Å². The van der Waals surface area contributed by atoms with E-state index in [1.54, 1.807) is 0 Å². The minimum absolute atomic E-state index is 0.466. The van der Waals surface area contributed by atoms with Gasteiger partial charge in [-0.2, -0.15) is 0 Å². The molecule has 18 heavy (non-hydrogen) atoms. The van der Waals surface area contributed by atoms with Gasteiger partial charge in [-0.3, -0.25) is 0 Å². The molecule has 1 heterocycles. The van der Waals surface area contributed by atoms with E-state index in [-0.39, 0.29) is 0 Å². The van der Waals surface area contributed by atoms with E-state index in [9.17, 15) is 5.11 Å². The minimum Gasteiger partial charge on any atom is -0.493 e. The van der Waals surface area contributed by atoms with Gasteiger partial charge in [0.25, 0.3) is 0 Å². The maximum atomic E-state index is 10.5. The van der Waals surface area contributed by atoms with E-state index in [2.05, 4.69) is 13.8 Å². The molecule has 100 valence electrons. The Labute approximate surface area is 114 Å². The lowest BCUT2D eigenvalue weighted by Gasteiger charge is -2.26. The van der Waals surface area contributed by atoms with Crippen molar-refractivity contribution in [1.29, 1.82) is 0 Å². The van der Waals surface area contributed by atoms with Gasteiger partial charge in [0.15, 0.2) is 0 Å². The number of rotatable bonds is 4. The molecule has 1 aromatic rings. The van der Waals surface area contributed by atoms with Gasteiger partial charge in [0, 0.05) is 17.9 Å². The van der Waals surface area contributed by atoms with E-state index < -0.39 is 5.60 Å². The van der Waals surface area contributed by atoms with Crippen LogP contribution in [-0.4, -0.2) is 17.3 Å². The Morgan fingerprint density at radius 2 is 2.17 bits per heavy atom. The SMILES string of the molecule is CC(C)CC(C)(O)Cc1cc(Cl)cc2c1OCC2. The smallest absolute Gasteiger partial charge is 0.126 e. The van der Waals surface area contributed by atoms with Crippen LogP contribution in [0.1, 0.15) is 38.3 Å². The first kappa shape index (κ1) is 13.7. The number of benzene rings is 1. The molecule has 0 aromatic heterocycles. The van der Waals surface area contributed by atoms with Gasteiger partial charge < -0.3 is 9.84 Å². The summed E-state index contributed by atoms with van der Waals surface area (Å²) in [5, 5.41) is 11.2. The van der Waals surface area contributed by atoms with Gasteiger partial charge in [-0.05, 0) is 42.5 Å². The molecule has 0 amide bonds. The quantitative estimate of drug-likeness (QED) is 0.904. The summed E-state index contributed by atoms with van der Waals surface area (Å²) >= 11 is 6.13. The number of hydrogen-bond donors (Lipinski definition) is 1. The molecule has 1 unspecified atom stereocenters. The van der Waals surface area contributed by atoms with E-state index in [0.717, 1.165) is 41.3 Å². The van der Waals surface area contributed by atoms with Crippen molar-refractivity contribution in [3.05, 3.63) is 28.3 Å². The maximum Gasteiger partial charge on any atom is 0.126 e. The molecule has 2 rings (SSSR count). The topological polar surface area (TPSA) is 29.5 Å². The molecule has 0 aliphatic carbocycles. The Bertz CT molecular complexity index is 438. The van der Waals surface area contributed by atoms with Crippen molar-refractivity contribution in [3.8, 4) is 5.75 Å². The second-order valence-corrected chi connectivity index (χ2v) is 6.36. The van der Waals surface area contributed by atoms with Crippen LogP contribution in [0.25, 0.3) is 0 Å². The third kappa shape index (κ3) is 3.18. The summed E-state index contributed by atoms with van der Waals surface area (Å²) in [6.45, 7) is 6.84. The molecule has 2 nitrogen and oxygen atoms in total. The van der Waals surface area contributed by atoms with Gasteiger partial charge in [-0.1, -0.05) is 25.4 Å². The summed E-state index contributed by atoms with van der Waals surface area (Å²) in [6, 6.07) is 3.88. The van der Waals surface area contributed by atoms with Gasteiger partial charge in [0.2, 0.25) is 0 Å². The van der Waals surface area contributed by atoms with Gasteiger partial charge in [-0.15, -0.1) is 0 Å². The monoisotopic (exact) mass is 268 g/mol. The summed E-state index contributed by atoms with van der Waals surface area (Å²) in [7, 11) is 0. The molecule has 1 aliphatic heterocycles. The molecule has 1 atom stereocenters. The summed E-state index contributed by atoms with van der Waals surface area (Å²) in [5.74, 6) is 1.40. The second kappa shape index (κ2) is 5.10. The zero-order valence-electron chi connectivity index (χ0n) is 11.3. The van der Waals surface area contributed by atoms with Crippen LogP contribution in [0, 0.1) is 5.92 Å². The fraction of sp³-hybridized carbons (Fsp3) is 0.600. The average Bonchev–Trinajstić information content (AvgIpc) is 2.61. The van der Waals surface area contributed by atoms with Crippen LogP contribution in [0.5, 0.6) is 5.75 Å². The summed E-state index contributed by atoms with van der Waals surface area (Å²) in [5.41, 5.74) is 1.48. The van der Waals surface area contributed by atoms with Crippen LogP contribution in [0.15, 0.2) is 12.1 Å². The standard InChI is InChI=1S/C15H21ClO2/c1-10(2)8-15(3,17)9-12-7-13(16)6-11-4-5-18-14(11)12/h6-7,10,17H,4-5,8-9H2,1-3H3. The zero-order chi connectivity index (χ0) is 13.3. The first-order valence-corrected chi connectivity index (χ1v) is 6.92. The predicted molar refractivity (Wildman–Crippen MR) is 74.4 cm³/mol. The number of ether oxygens (including phenoxy) is 1. The molecular formula is C15H21ClO2. The molecule has 1 N–H and O–H groups in total. The Morgan fingerprint density at radius 3 is 2.83 bits per heavy atom. The molecule has 0 saturated heterocycles. The Morgan fingerprint density at radius 1 is 1.44 bits per heavy atom. The summed E-state index contributed by atoms with van der Waals surface area (Å²) < 4.78 is 5.67. The van der Waals surface area contributed by atoms with Crippen LogP contribution in [0.4, 0.5) is 0 Å². The fourth-order valence-corrected chi connectivity index (χ4v) is 3.10. The van der Waals surface area contributed by atoms with Crippen LogP contribution in [0.3, 0.4) is 0 Å². The van der Waals surface area contributed by atoms with E-state index in [1.165, 1.54) is 0 Å². The number of halogens is 1. The lowest BCUT2D eigenvalue weighted by atomic mass is 9.87. The summed E-state index contributed by atoms with van der Waals surface area (Å²) in [4.78, 5) is 0. The first-order valence-electron chi connectivity index (χ1n) is 6.54. The second-order valence-electron chi connectivity index (χ2n) is 5.92. The van der Waals surface area contributed by atoms with Crippen LogP contribution < -0.4 is 4.74 Å². The minimum atomic E-state index is -0.710. The molecule has 3 heteroatoms. The number of hydrogen-bond acceptors (Lipinski definition) is 2. The Kier molecular flexibility index (Phi) is 3.88. The fourth-order valence-electron chi connectivity index (χ4n) is 2.84. The molecule has 0 radical (unpaired) electrons. The normalized spacial score (nSPS) is 17.4. The zero-order valence-corrected chi connectivity index (χ0v) is 12.0. The number of fused-ring (bicyclic) bond motifs is 1. The summed E-state index contributed by atoms with van der Waals surface area (Å²) in [6.07, 6.45) is 2.28. The third-order valence-electron chi connectivity index (χ3n) is 3.24. The Balaban J connectivity index is 2.24. The van der Waals surface area contributed by atoms with Gasteiger partial charge in [-0.25, -0.2) is 0 Å². The highest BCUT2D eigenvalue weighted by atomic mass is 35.5.